The van der Waals surface area contributed by atoms with E-state index in [1.54, 1.807) is 6.08 Å². The maximum atomic E-state index is 12.4. The first-order chi connectivity index (χ1) is 14.0. The molecule has 6 nitrogen and oxygen atoms in total. The molecule has 148 valence electrons. The van der Waals surface area contributed by atoms with E-state index in [1.807, 2.05) is 50.2 Å². The maximum Gasteiger partial charge on any atom is 0.251 e. The number of hydrogen-bond donors (Lipinski definition) is 2. The standard InChI is InChI=1S/C23H22N2O4/c1-14-3-4-15(2)22-18(14)12-17(23(27)25-22)9-10-24-21(26)8-6-16-5-7-19-20(11-16)29-13-28-19/h3-8,11-12H,9-10,13H2,1-2H3,(H,24,26)(H,25,27)/b8-6+. The number of benzene rings is 2. The lowest BCUT2D eigenvalue weighted by Gasteiger charge is -2.08. The minimum absolute atomic E-state index is 0.114. The predicted octanol–water partition coefficient (Wildman–Crippen LogP) is 3.25. The minimum Gasteiger partial charge on any atom is -0.454 e. The van der Waals surface area contributed by atoms with E-state index < -0.39 is 0 Å². The Morgan fingerprint density at radius 1 is 1.10 bits per heavy atom. The smallest absolute Gasteiger partial charge is 0.251 e. The van der Waals surface area contributed by atoms with Crippen molar-refractivity contribution in [2.24, 2.45) is 0 Å². The van der Waals surface area contributed by atoms with E-state index in [4.69, 9.17) is 9.47 Å². The van der Waals surface area contributed by atoms with Crippen molar-refractivity contribution in [3.63, 3.8) is 0 Å². The Morgan fingerprint density at radius 3 is 2.76 bits per heavy atom. The monoisotopic (exact) mass is 390 g/mol. The number of fused-ring (bicyclic) bond motifs is 2. The van der Waals surface area contributed by atoms with Gasteiger partial charge in [0.15, 0.2) is 11.5 Å². The first kappa shape index (κ1) is 18.8. The average molecular weight is 390 g/mol. The van der Waals surface area contributed by atoms with Gasteiger partial charge in [-0.05, 0) is 61.2 Å². The lowest BCUT2D eigenvalue weighted by molar-refractivity contribution is -0.116. The lowest BCUT2D eigenvalue weighted by atomic mass is 10.0. The van der Waals surface area contributed by atoms with Crippen LogP contribution in [0.15, 0.2) is 47.3 Å². The number of pyridine rings is 1. The summed E-state index contributed by atoms with van der Waals surface area (Å²) in [6.07, 6.45) is 3.64. The summed E-state index contributed by atoms with van der Waals surface area (Å²) in [5.41, 5.74) is 4.41. The molecule has 6 heteroatoms. The van der Waals surface area contributed by atoms with Gasteiger partial charge in [0.05, 0.1) is 5.52 Å². The zero-order valence-corrected chi connectivity index (χ0v) is 16.4. The quantitative estimate of drug-likeness (QED) is 0.656. The second kappa shape index (κ2) is 7.83. The molecule has 0 fully saturated rings. The number of hydrogen-bond acceptors (Lipinski definition) is 4. The van der Waals surface area contributed by atoms with Crippen LogP contribution < -0.4 is 20.3 Å². The van der Waals surface area contributed by atoms with Crippen LogP contribution in [0.25, 0.3) is 17.0 Å². The zero-order valence-electron chi connectivity index (χ0n) is 16.4. The maximum absolute atomic E-state index is 12.4. The summed E-state index contributed by atoms with van der Waals surface area (Å²) in [5.74, 6) is 1.16. The van der Waals surface area contributed by atoms with Crippen molar-refractivity contribution in [3.05, 3.63) is 75.1 Å². The Labute approximate surface area is 168 Å². The minimum atomic E-state index is -0.216. The molecule has 2 N–H and O–H groups in total. The number of aromatic amines is 1. The summed E-state index contributed by atoms with van der Waals surface area (Å²) in [6, 6.07) is 11.5. The molecule has 2 aromatic carbocycles. The molecule has 0 spiro atoms. The number of amides is 1. The van der Waals surface area contributed by atoms with E-state index in [0.717, 1.165) is 27.6 Å². The van der Waals surface area contributed by atoms with E-state index in [9.17, 15) is 9.59 Å². The molecular formula is C23H22N2O4. The molecule has 4 rings (SSSR count). The first-order valence-corrected chi connectivity index (χ1v) is 9.49. The molecule has 0 unspecified atom stereocenters. The highest BCUT2D eigenvalue weighted by Gasteiger charge is 2.12. The van der Waals surface area contributed by atoms with Crippen molar-refractivity contribution < 1.29 is 14.3 Å². The fourth-order valence-electron chi connectivity index (χ4n) is 3.37. The van der Waals surface area contributed by atoms with Crippen LogP contribution in [0.2, 0.25) is 0 Å². The van der Waals surface area contributed by atoms with E-state index in [1.165, 1.54) is 6.08 Å². The largest absolute Gasteiger partial charge is 0.454 e. The fraction of sp³-hybridized carbons (Fsp3) is 0.217. The SMILES string of the molecule is Cc1ccc(C)c2[nH]c(=O)c(CCNC(=O)/C=C/c3ccc4c(c3)OCO4)cc12. The molecule has 1 aromatic heterocycles. The number of aryl methyl sites for hydroxylation is 2. The number of nitrogens with one attached hydrogen (secondary N) is 2. The average Bonchev–Trinajstić information content (AvgIpc) is 3.18. The van der Waals surface area contributed by atoms with E-state index in [0.29, 0.717) is 30.0 Å². The summed E-state index contributed by atoms with van der Waals surface area (Å²) < 4.78 is 10.6. The highest BCUT2D eigenvalue weighted by Crippen LogP contribution is 2.32. The van der Waals surface area contributed by atoms with E-state index >= 15 is 0 Å². The van der Waals surface area contributed by atoms with Gasteiger partial charge >= 0.3 is 0 Å². The van der Waals surface area contributed by atoms with Gasteiger partial charge in [-0.1, -0.05) is 18.2 Å². The Balaban J connectivity index is 1.38. The van der Waals surface area contributed by atoms with Crippen LogP contribution in [0.5, 0.6) is 11.5 Å². The van der Waals surface area contributed by atoms with Crippen LogP contribution in [-0.4, -0.2) is 24.2 Å². The van der Waals surface area contributed by atoms with Gasteiger partial charge < -0.3 is 19.8 Å². The van der Waals surface area contributed by atoms with Crippen molar-refractivity contribution in [1.82, 2.24) is 10.3 Å². The highest BCUT2D eigenvalue weighted by atomic mass is 16.7. The van der Waals surface area contributed by atoms with Crippen molar-refractivity contribution in [2.75, 3.05) is 13.3 Å². The number of H-pyrrole nitrogens is 1. The van der Waals surface area contributed by atoms with Crippen LogP contribution in [-0.2, 0) is 11.2 Å². The van der Waals surface area contributed by atoms with Gasteiger partial charge in [0.2, 0.25) is 12.7 Å². The molecule has 0 atom stereocenters. The van der Waals surface area contributed by atoms with Gasteiger partial charge in [0.1, 0.15) is 0 Å². The summed E-state index contributed by atoms with van der Waals surface area (Å²) in [6.45, 7) is 4.59. The molecule has 29 heavy (non-hydrogen) atoms. The molecule has 1 amide bonds. The van der Waals surface area contributed by atoms with Gasteiger partial charge in [-0.25, -0.2) is 0 Å². The second-order valence-corrected chi connectivity index (χ2v) is 7.10. The van der Waals surface area contributed by atoms with Crippen LogP contribution in [0.1, 0.15) is 22.3 Å². The fourth-order valence-corrected chi connectivity index (χ4v) is 3.37. The summed E-state index contributed by atoms with van der Waals surface area (Å²) >= 11 is 0. The molecule has 0 bridgehead atoms. The Morgan fingerprint density at radius 2 is 1.90 bits per heavy atom. The Bertz CT molecular complexity index is 1180. The van der Waals surface area contributed by atoms with Crippen molar-refractivity contribution >= 4 is 22.9 Å². The van der Waals surface area contributed by atoms with Gasteiger partial charge in [0.25, 0.3) is 5.56 Å². The molecule has 1 aliphatic heterocycles. The molecule has 0 saturated heterocycles. The third-order valence-corrected chi connectivity index (χ3v) is 5.04. The van der Waals surface area contributed by atoms with Crippen LogP contribution >= 0.6 is 0 Å². The zero-order chi connectivity index (χ0) is 20.4. The predicted molar refractivity (Wildman–Crippen MR) is 112 cm³/mol. The number of carbonyl (C=O) groups is 1. The van der Waals surface area contributed by atoms with Crippen LogP contribution in [0.3, 0.4) is 0 Å². The summed E-state index contributed by atoms with van der Waals surface area (Å²) in [4.78, 5) is 27.4. The van der Waals surface area contributed by atoms with Crippen molar-refractivity contribution in [3.8, 4) is 11.5 Å². The molecule has 2 heterocycles. The van der Waals surface area contributed by atoms with Crippen molar-refractivity contribution in [2.45, 2.75) is 20.3 Å². The van der Waals surface area contributed by atoms with E-state index in [-0.39, 0.29) is 18.3 Å². The Hall–Kier alpha value is -3.54. The molecular weight excluding hydrogens is 368 g/mol. The molecule has 0 aliphatic carbocycles. The number of aromatic nitrogens is 1. The molecule has 1 aliphatic rings. The number of ether oxygens (including phenoxy) is 2. The second-order valence-electron chi connectivity index (χ2n) is 7.10. The third-order valence-electron chi connectivity index (χ3n) is 5.04. The van der Waals surface area contributed by atoms with Crippen molar-refractivity contribution in [1.29, 1.82) is 0 Å². The van der Waals surface area contributed by atoms with Gasteiger partial charge in [-0.2, -0.15) is 0 Å². The van der Waals surface area contributed by atoms with Gasteiger partial charge in [-0.15, -0.1) is 0 Å². The van der Waals surface area contributed by atoms with Gasteiger partial charge in [0, 0.05) is 23.6 Å². The first-order valence-electron chi connectivity index (χ1n) is 9.49. The Kier molecular flexibility index (Phi) is 5.08. The third kappa shape index (κ3) is 4.01. The molecule has 0 saturated carbocycles. The van der Waals surface area contributed by atoms with Gasteiger partial charge in [-0.3, -0.25) is 9.59 Å². The molecule has 3 aromatic rings. The van der Waals surface area contributed by atoms with Crippen LogP contribution in [0.4, 0.5) is 0 Å². The number of rotatable bonds is 5. The normalized spacial score (nSPS) is 12.6. The highest BCUT2D eigenvalue weighted by molar-refractivity contribution is 5.91. The summed E-state index contributed by atoms with van der Waals surface area (Å²) in [7, 11) is 0. The molecule has 0 radical (unpaired) electrons. The summed E-state index contributed by atoms with van der Waals surface area (Å²) in [5, 5.41) is 3.86. The van der Waals surface area contributed by atoms with Crippen LogP contribution in [0, 0.1) is 13.8 Å². The number of carbonyl (C=O) groups excluding carboxylic acids is 1. The lowest BCUT2D eigenvalue weighted by Crippen LogP contribution is -2.25. The topological polar surface area (TPSA) is 80.4 Å². The van der Waals surface area contributed by atoms with E-state index in [2.05, 4.69) is 10.3 Å².